The second-order valence-electron chi connectivity index (χ2n) is 7.16. The van der Waals surface area contributed by atoms with Gasteiger partial charge in [-0.1, -0.05) is 12.8 Å². The zero-order chi connectivity index (χ0) is 18.9. The van der Waals surface area contributed by atoms with Crippen molar-refractivity contribution in [1.82, 2.24) is 4.90 Å². The molecule has 1 atom stereocenters. The van der Waals surface area contributed by atoms with Crippen molar-refractivity contribution in [3.63, 3.8) is 0 Å². The summed E-state index contributed by atoms with van der Waals surface area (Å²) in [5.74, 6) is -1.06. The number of nitrogens with one attached hydrogen (secondary N) is 2. The van der Waals surface area contributed by atoms with Crippen molar-refractivity contribution in [2.24, 2.45) is 5.41 Å². The van der Waals surface area contributed by atoms with Gasteiger partial charge in [0.1, 0.15) is 6.04 Å². The van der Waals surface area contributed by atoms with Crippen LogP contribution in [0, 0.1) is 5.41 Å². The number of rotatable bonds is 4. The van der Waals surface area contributed by atoms with Gasteiger partial charge in [-0.15, -0.1) is 0 Å². The monoisotopic (exact) mass is 357 g/mol. The molecule has 0 bridgehead atoms. The van der Waals surface area contributed by atoms with Gasteiger partial charge < -0.3 is 10.6 Å². The van der Waals surface area contributed by atoms with Gasteiger partial charge in [0.05, 0.1) is 5.41 Å². The molecule has 138 valence electrons. The van der Waals surface area contributed by atoms with Crippen LogP contribution in [0.5, 0.6) is 0 Å². The average molecular weight is 357 g/mol. The standard InChI is InChI=1S/C19H23N3O4/c1-12(22-16(24)11-19(18(22)26)9-3-4-10-19)17(25)21-15-7-5-14(6-8-15)20-13(2)23/h5-8,12H,3-4,9-11H2,1-2H3,(H,20,23)(H,21,25). The van der Waals surface area contributed by atoms with Gasteiger partial charge in [-0.25, -0.2) is 0 Å². The topological polar surface area (TPSA) is 95.6 Å². The number of hydrogen-bond donors (Lipinski definition) is 2. The van der Waals surface area contributed by atoms with Gasteiger partial charge in [0.15, 0.2) is 0 Å². The first kappa shape index (κ1) is 18.1. The minimum atomic E-state index is -0.856. The summed E-state index contributed by atoms with van der Waals surface area (Å²) >= 11 is 0. The Morgan fingerprint density at radius 1 is 1.04 bits per heavy atom. The lowest BCUT2D eigenvalue weighted by molar-refractivity contribution is -0.147. The Morgan fingerprint density at radius 2 is 1.58 bits per heavy atom. The Morgan fingerprint density at radius 3 is 2.12 bits per heavy atom. The molecule has 7 heteroatoms. The fourth-order valence-electron chi connectivity index (χ4n) is 3.86. The van der Waals surface area contributed by atoms with Crippen molar-refractivity contribution in [2.75, 3.05) is 10.6 Å². The highest BCUT2D eigenvalue weighted by atomic mass is 16.2. The molecule has 7 nitrogen and oxygen atoms in total. The van der Waals surface area contributed by atoms with Crippen molar-refractivity contribution in [2.45, 2.75) is 52.0 Å². The minimum Gasteiger partial charge on any atom is -0.326 e. The molecule has 4 amide bonds. The highest BCUT2D eigenvalue weighted by molar-refractivity contribution is 6.10. The number of nitrogens with zero attached hydrogens (tertiary/aromatic N) is 1. The Bertz CT molecular complexity index is 751. The second kappa shape index (κ2) is 6.90. The number of hydrogen-bond acceptors (Lipinski definition) is 4. The van der Waals surface area contributed by atoms with Crippen molar-refractivity contribution < 1.29 is 19.2 Å². The number of anilines is 2. The molecule has 0 aromatic heterocycles. The lowest BCUT2D eigenvalue weighted by atomic mass is 9.84. The molecule has 1 aliphatic heterocycles. The number of benzene rings is 1. The van der Waals surface area contributed by atoms with Crippen LogP contribution in [0.25, 0.3) is 0 Å². The van der Waals surface area contributed by atoms with Crippen LogP contribution in [0.2, 0.25) is 0 Å². The quantitative estimate of drug-likeness (QED) is 0.808. The van der Waals surface area contributed by atoms with Gasteiger partial charge in [0.2, 0.25) is 23.6 Å². The maximum atomic E-state index is 12.8. The highest BCUT2D eigenvalue weighted by Crippen LogP contribution is 2.47. The van der Waals surface area contributed by atoms with Crippen LogP contribution < -0.4 is 10.6 Å². The molecule has 3 rings (SSSR count). The fraction of sp³-hybridized carbons (Fsp3) is 0.474. The van der Waals surface area contributed by atoms with Crippen LogP contribution in [-0.2, 0) is 19.2 Å². The second-order valence-corrected chi connectivity index (χ2v) is 7.16. The van der Waals surface area contributed by atoms with E-state index in [0.29, 0.717) is 11.4 Å². The summed E-state index contributed by atoms with van der Waals surface area (Å²) in [5, 5.41) is 5.36. The van der Waals surface area contributed by atoms with Gasteiger partial charge in [-0.2, -0.15) is 0 Å². The first-order valence-corrected chi connectivity index (χ1v) is 8.87. The van der Waals surface area contributed by atoms with Crippen LogP contribution in [0.1, 0.15) is 46.0 Å². The highest BCUT2D eigenvalue weighted by Gasteiger charge is 2.54. The number of carbonyl (C=O) groups is 4. The molecule has 1 aliphatic carbocycles. The Hall–Kier alpha value is -2.70. The smallest absolute Gasteiger partial charge is 0.247 e. The molecule has 2 N–H and O–H groups in total. The van der Waals surface area contributed by atoms with E-state index in [1.165, 1.54) is 6.92 Å². The fourth-order valence-corrected chi connectivity index (χ4v) is 3.86. The van der Waals surface area contributed by atoms with Crippen LogP contribution in [0.15, 0.2) is 24.3 Å². The third-order valence-corrected chi connectivity index (χ3v) is 5.23. The van der Waals surface area contributed by atoms with Gasteiger partial charge >= 0.3 is 0 Å². The van der Waals surface area contributed by atoms with Crippen molar-refractivity contribution in [1.29, 1.82) is 0 Å². The first-order chi connectivity index (χ1) is 12.3. The normalized spacial score (nSPS) is 19.7. The molecule has 0 radical (unpaired) electrons. The van der Waals surface area contributed by atoms with E-state index in [9.17, 15) is 19.2 Å². The van der Waals surface area contributed by atoms with Crippen LogP contribution in [0.4, 0.5) is 11.4 Å². The third kappa shape index (κ3) is 3.34. The maximum Gasteiger partial charge on any atom is 0.247 e. The molecular formula is C19H23N3O4. The molecule has 1 unspecified atom stereocenters. The van der Waals surface area contributed by atoms with Gasteiger partial charge in [-0.3, -0.25) is 24.1 Å². The summed E-state index contributed by atoms with van der Waals surface area (Å²) in [6, 6.07) is 5.79. The summed E-state index contributed by atoms with van der Waals surface area (Å²) in [7, 11) is 0. The van der Waals surface area contributed by atoms with E-state index in [4.69, 9.17) is 0 Å². The molecule has 1 saturated heterocycles. The number of imide groups is 1. The summed E-state index contributed by atoms with van der Waals surface area (Å²) in [4.78, 5) is 49.8. The van der Waals surface area contributed by atoms with Crippen molar-refractivity contribution >= 4 is 35.0 Å². The van der Waals surface area contributed by atoms with E-state index in [-0.39, 0.29) is 24.1 Å². The largest absolute Gasteiger partial charge is 0.326 e. The molecule has 1 heterocycles. The minimum absolute atomic E-state index is 0.178. The van der Waals surface area contributed by atoms with Crippen LogP contribution >= 0.6 is 0 Å². The van der Waals surface area contributed by atoms with Gasteiger partial charge in [0, 0.05) is 24.7 Å². The van der Waals surface area contributed by atoms with E-state index in [1.54, 1.807) is 31.2 Å². The summed E-state index contributed by atoms with van der Waals surface area (Å²) in [6.07, 6.45) is 3.58. The predicted octanol–water partition coefficient (Wildman–Crippen LogP) is 2.29. The summed E-state index contributed by atoms with van der Waals surface area (Å²) in [6.45, 7) is 2.99. The van der Waals surface area contributed by atoms with Crippen molar-refractivity contribution in [3.8, 4) is 0 Å². The molecular weight excluding hydrogens is 334 g/mol. The van der Waals surface area contributed by atoms with Crippen LogP contribution in [-0.4, -0.2) is 34.6 Å². The Kier molecular flexibility index (Phi) is 4.80. The third-order valence-electron chi connectivity index (χ3n) is 5.23. The SMILES string of the molecule is CC(=O)Nc1ccc(NC(=O)C(C)N2C(=O)CC3(CCCC3)C2=O)cc1. The Balaban J connectivity index is 1.67. The lowest BCUT2D eigenvalue weighted by Crippen LogP contribution is -2.46. The maximum absolute atomic E-state index is 12.8. The summed E-state index contributed by atoms with van der Waals surface area (Å²) in [5.41, 5.74) is 0.577. The van der Waals surface area contributed by atoms with E-state index in [2.05, 4.69) is 10.6 Å². The first-order valence-electron chi connectivity index (χ1n) is 8.87. The zero-order valence-corrected chi connectivity index (χ0v) is 15.0. The molecule has 26 heavy (non-hydrogen) atoms. The van der Waals surface area contributed by atoms with Gasteiger partial charge in [0.25, 0.3) is 0 Å². The summed E-state index contributed by atoms with van der Waals surface area (Å²) < 4.78 is 0. The molecule has 2 aliphatic rings. The van der Waals surface area contributed by atoms with E-state index in [0.717, 1.165) is 30.6 Å². The predicted molar refractivity (Wildman–Crippen MR) is 96.2 cm³/mol. The molecule has 1 aromatic rings. The Labute approximate surface area is 152 Å². The lowest BCUT2D eigenvalue weighted by Gasteiger charge is -2.25. The number of likely N-dealkylation sites (tertiary alicyclic amines) is 1. The van der Waals surface area contributed by atoms with E-state index >= 15 is 0 Å². The molecule has 1 aromatic carbocycles. The molecule has 1 saturated carbocycles. The molecule has 1 spiro atoms. The van der Waals surface area contributed by atoms with Crippen LogP contribution in [0.3, 0.4) is 0 Å². The van der Waals surface area contributed by atoms with Gasteiger partial charge in [-0.05, 0) is 44.0 Å². The molecule has 2 fully saturated rings. The average Bonchev–Trinajstić information content (AvgIpc) is 3.14. The van der Waals surface area contributed by atoms with E-state index in [1.807, 2.05) is 0 Å². The number of amides is 4. The number of carbonyl (C=O) groups excluding carboxylic acids is 4. The van der Waals surface area contributed by atoms with Crippen molar-refractivity contribution in [3.05, 3.63) is 24.3 Å². The van der Waals surface area contributed by atoms with E-state index < -0.39 is 17.4 Å². The zero-order valence-electron chi connectivity index (χ0n) is 15.0.